The van der Waals surface area contributed by atoms with Crippen LogP contribution in [0.5, 0.6) is 0 Å². The molecular formula is C14H18ClNO2S. The van der Waals surface area contributed by atoms with Gasteiger partial charge >= 0.3 is 0 Å². The van der Waals surface area contributed by atoms with E-state index in [1.54, 1.807) is 12.1 Å². The molecule has 0 saturated carbocycles. The summed E-state index contributed by atoms with van der Waals surface area (Å²) in [5.74, 6) is 1.71. The molecule has 0 aromatic heterocycles. The average Bonchev–Trinajstić information content (AvgIpc) is 2.36. The van der Waals surface area contributed by atoms with Gasteiger partial charge in [-0.2, -0.15) is 11.8 Å². The highest BCUT2D eigenvalue weighted by atomic mass is 35.5. The number of benzene rings is 1. The van der Waals surface area contributed by atoms with Gasteiger partial charge in [0.05, 0.1) is 5.60 Å². The summed E-state index contributed by atoms with van der Waals surface area (Å²) in [6.07, 6.45) is 1.46. The number of halogens is 1. The lowest BCUT2D eigenvalue weighted by molar-refractivity contribution is 0.0311. The molecule has 1 aliphatic rings. The Balaban J connectivity index is 1.97. The van der Waals surface area contributed by atoms with Crippen LogP contribution in [-0.2, 0) is 0 Å². The van der Waals surface area contributed by atoms with Gasteiger partial charge in [0.15, 0.2) is 0 Å². The summed E-state index contributed by atoms with van der Waals surface area (Å²) in [6.45, 7) is 2.20. The predicted molar refractivity (Wildman–Crippen MR) is 80.0 cm³/mol. The Bertz CT molecular complexity index is 452. The van der Waals surface area contributed by atoms with Crippen LogP contribution < -0.4 is 5.32 Å². The second-order valence-corrected chi connectivity index (χ2v) is 6.70. The van der Waals surface area contributed by atoms with Crippen LogP contribution in [0.2, 0.25) is 5.02 Å². The molecule has 0 spiro atoms. The van der Waals surface area contributed by atoms with Gasteiger partial charge in [-0.1, -0.05) is 11.6 Å². The second kappa shape index (κ2) is 6.16. The summed E-state index contributed by atoms with van der Waals surface area (Å²) in [5.41, 5.74) is 0.735. The summed E-state index contributed by atoms with van der Waals surface area (Å²) in [7, 11) is 0. The Morgan fingerprint density at radius 2 is 2.11 bits per heavy atom. The smallest absolute Gasteiger partial charge is 0.251 e. The van der Waals surface area contributed by atoms with Gasteiger partial charge in [-0.25, -0.2) is 0 Å². The quantitative estimate of drug-likeness (QED) is 0.902. The molecule has 1 heterocycles. The fourth-order valence-electron chi connectivity index (χ4n) is 2.14. The molecule has 1 aromatic carbocycles. The Morgan fingerprint density at radius 1 is 1.42 bits per heavy atom. The monoisotopic (exact) mass is 299 g/mol. The van der Waals surface area contributed by atoms with E-state index < -0.39 is 5.60 Å². The van der Waals surface area contributed by atoms with Crippen LogP contribution in [-0.4, -0.2) is 34.7 Å². The fourth-order valence-corrected chi connectivity index (χ4v) is 3.68. The number of carbonyl (C=O) groups excluding carboxylic acids is 1. The second-order valence-electron chi connectivity index (χ2n) is 5.04. The Kier molecular flexibility index (Phi) is 4.76. The maximum Gasteiger partial charge on any atom is 0.251 e. The summed E-state index contributed by atoms with van der Waals surface area (Å²) < 4.78 is 0. The van der Waals surface area contributed by atoms with Crippen molar-refractivity contribution < 1.29 is 9.90 Å². The summed E-state index contributed by atoms with van der Waals surface area (Å²) in [5, 5.41) is 13.7. The van der Waals surface area contributed by atoms with E-state index in [-0.39, 0.29) is 5.91 Å². The van der Waals surface area contributed by atoms with Crippen molar-refractivity contribution in [3.63, 3.8) is 0 Å². The first-order chi connectivity index (χ1) is 8.98. The minimum Gasteiger partial charge on any atom is -0.388 e. The number of rotatable bonds is 3. The number of amides is 1. The van der Waals surface area contributed by atoms with Crippen LogP contribution in [0, 0.1) is 6.92 Å². The third-order valence-electron chi connectivity index (χ3n) is 3.31. The van der Waals surface area contributed by atoms with E-state index in [2.05, 4.69) is 5.32 Å². The first kappa shape index (κ1) is 14.7. The lowest BCUT2D eigenvalue weighted by Crippen LogP contribution is -2.45. The van der Waals surface area contributed by atoms with Crippen LogP contribution in [0.3, 0.4) is 0 Å². The first-order valence-corrected chi connectivity index (χ1v) is 7.87. The Morgan fingerprint density at radius 3 is 2.74 bits per heavy atom. The van der Waals surface area contributed by atoms with Gasteiger partial charge < -0.3 is 10.4 Å². The molecule has 0 radical (unpaired) electrons. The van der Waals surface area contributed by atoms with Crippen molar-refractivity contribution in [1.82, 2.24) is 5.32 Å². The number of hydrogen-bond donors (Lipinski definition) is 2. The van der Waals surface area contributed by atoms with Crippen molar-refractivity contribution >= 4 is 29.3 Å². The summed E-state index contributed by atoms with van der Waals surface area (Å²) in [4.78, 5) is 12.0. The number of carbonyl (C=O) groups is 1. The van der Waals surface area contributed by atoms with E-state index in [0.29, 0.717) is 17.1 Å². The van der Waals surface area contributed by atoms with Crippen LogP contribution >= 0.6 is 23.4 Å². The highest BCUT2D eigenvalue weighted by Gasteiger charge is 2.29. The number of hydrogen-bond acceptors (Lipinski definition) is 3. The van der Waals surface area contributed by atoms with Gasteiger partial charge in [0.1, 0.15) is 0 Å². The number of aliphatic hydroxyl groups is 1. The van der Waals surface area contributed by atoms with Crippen LogP contribution in [0.15, 0.2) is 18.2 Å². The van der Waals surface area contributed by atoms with E-state index >= 15 is 0 Å². The zero-order valence-corrected chi connectivity index (χ0v) is 12.5. The highest BCUT2D eigenvalue weighted by molar-refractivity contribution is 7.99. The minimum absolute atomic E-state index is 0.183. The SMILES string of the molecule is Cc1cc(Cl)cc(C(=O)NCC2(O)CCSCC2)c1. The molecule has 104 valence electrons. The van der Waals surface area contributed by atoms with Crippen molar-refractivity contribution in [2.75, 3.05) is 18.1 Å². The molecule has 3 nitrogen and oxygen atoms in total. The molecule has 19 heavy (non-hydrogen) atoms. The van der Waals surface area contributed by atoms with Crippen LogP contribution in [0.1, 0.15) is 28.8 Å². The van der Waals surface area contributed by atoms with Crippen molar-refractivity contribution in [2.24, 2.45) is 0 Å². The minimum atomic E-state index is -0.755. The Labute approximate surface area is 122 Å². The lowest BCUT2D eigenvalue weighted by atomic mass is 9.97. The molecule has 1 aromatic rings. The third kappa shape index (κ3) is 4.13. The fraction of sp³-hybridized carbons (Fsp3) is 0.500. The lowest BCUT2D eigenvalue weighted by Gasteiger charge is -2.31. The summed E-state index contributed by atoms with van der Waals surface area (Å²) >= 11 is 7.78. The van der Waals surface area contributed by atoms with Crippen molar-refractivity contribution in [2.45, 2.75) is 25.4 Å². The van der Waals surface area contributed by atoms with Crippen molar-refractivity contribution in [1.29, 1.82) is 0 Å². The van der Waals surface area contributed by atoms with Gasteiger partial charge in [-0.05, 0) is 55.0 Å². The normalized spacial score (nSPS) is 18.1. The summed E-state index contributed by atoms with van der Waals surface area (Å²) in [6, 6.07) is 5.25. The van der Waals surface area contributed by atoms with Gasteiger partial charge in [0, 0.05) is 17.1 Å². The third-order valence-corrected chi connectivity index (χ3v) is 4.51. The van der Waals surface area contributed by atoms with Gasteiger partial charge in [-0.15, -0.1) is 0 Å². The van der Waals surface area contributed by atoms with Crippen LogP contribution in [0.25, 0.3) is 0 Å². The molecule has 0 atom stereocenters. The molecule has 1 fully saturated rings. The topological polar surface area (TPSA) is 49.3 Å². The Hall–Kier alpha value is -0.710. The molecule has 1 aliphatic heterocycles. The van der Waals surface area contributed by atoms with E-state index in [0.717, 1.165) is 29.9 Å². The molecule has 0 unspecified atom stereocenters. The van der Waals surface area contributed by atoms with E-state index in [1.807, 2.05) is 24.8 Å². The highest BCUT2D eigenvalue weighted by Crippen LogP contribution is 2.26. The molecule has 1 amide bonds. The molecule has 0 bridgehead atoms. The van der Waals surface area contributed by atoms with E-state index in [4.69, 9.17) is 11.6 Å². The molecule has 0 aliphatic carbocycles. The maximum atomic E-state index is 12.0. The molecule has 2 N–H and O–H groups in total. The van der Waals surface area contributed by atoms with Crippen LogP contribution in [0.4, 0.5) is 0 Å². The average molecular weight is 300 g/mol. The molecular weight excluding hydrogens is 282 g/mol. The number of thioether (sulfide) groups is 1. The first-order valence-electron chi connectivity index (χ1n) is 6.34. The largest absolute Gasteiger partial charge is 0.388 e. The van der Waals surface area contributed by atoms with Gasteiger partial charge in [-0.3, -0.25) is 4.79 Å². The van der Waals surface area contributed by atoms with Crippen molar-refractivity contribution in [3.05, 3.63) is 34.3 Å². The number of aryl methyl sites for hydroxylation is 1. The zero-order valence-electron chi connectivity index (χ0n) is 10.9. The maximum absolute atomic E-state index is 12.0. The number of nitrogens with one attached hydrogen (secondary N) is 1. The van der Waals surface area contributed by atoms with Gasteiger partial charge in [0.2, 0.25) is 0 Å². The molecule has 5 heteroatoms. The van der Waals surface area contributed by atoms with Gasteiger partial charge in [0.25, 0.3) is 5.91 Å². The predicted octanol–water partition coefficient (Wildman–Crippen LogP) is 2.64. The standard InChI is InChI=1S/C14H18ClNO2S/c1-10-6-11(8-12(15)7-10)13(17)16-9-14(18)2-4-19-5-3-14/h6-8,18H,2-5,9H2,1H3,(H,16,17). The zero-order chi connectivity index (χ0) is 13.9. The molecule has 2 rings (SSSR count). The van der Waals surface area contributed by atoms with E-state index in [1.165, 1.54) is 0 Å². The van der Waals surface area contributed by atoms with E-state index in [9.17, 15) is 9.90 Å². The van der Waals surface area contributed by atoms with Crippen molar-refractivity contribution in [3.8, 4) is 0 Å². The molecule has 1 saturated heterocycles.